The molecule has 39 heavy (non-hydrogen) atoms. The van der Waals surface area contributed by atoms with E-state index in [1.165, 1.54) is 6.42 Å². The SMILES string of the molecule is CCOc1ccc(NC(=O)[C@@H]2[C@H]3C(=O)N([C@@H](CO)[C@@H](C)CC)C(C(=O)NC4CCCCC4)C34CC[C@H]2S4)cc1. The molecule has 2 unspecified atom stereocenters. The molecule has 1 spiro atoms. The third-order valence-corrected chi connectivity index (χ3v) is 11.5. The van der Waals surface area contributed by atoms with Gasteiger partial charge in [0, 0.05) is 17.0 Å². The van der Waals surface area contributed by atoms with E-state index in [-0.39, 0.29) is 41.5 Å². The fourth-order valence-corrected chi connectivity index (χ4v) is 9.62. The highest BCUT2D eigenvalue weighted by Crippen LogP contribution is 2.66. The third kappa shape index (κ3) is 5.05. The van der Waals surface area contributed by atoms with Crippen LogP contribution in [0, 0.1) is 17.8 Å². The van der Waals surface area contributed by atoms with Crippen LogP contribution in [0.5, 0.6) is 5.75 Å². The Hall–Kier alpha value is -2.26. The Morgan fingerprint density at radius 3 is 2.49 bits per heavy atom. The Morgan fingerprint density at radius 1 is 1.13 bits per heavy atom. The molecule has 4 aliphatic rings. The molecule has 3 saturated heterocycles. The van der Waals surface area contributed by atoms with Gasteiger partial charge in [0.25, 0.3) is 0 Å². The number of benzene rings is 1. The molecule has 0 aromatic heterocycles. The van der Waals surface area contributed by atoms with Crippen LogP contribution < -0.4 is 15.4 Å². The molecule has 3 N–H and O–H groups in total. The first-order chi connectivity index (χ1) is 18.8. The summed E-state index contributed by atoms with van der Waals surface area (Å²) in [5.74, 6) is -0.775. The van der Waals surface area contributed by atoms with E-state index in [9.17, 15) is 19.5 Å². The molecular formula is C30H43N3O5S. The van der Waals surface area contributed by atoms with E-state index in [1.54, 1.807) is 16.7 Å². The molecule has 1 saturated carbocycles. The minimum atomic E-state index is -0.679. The van der Waals surface area contributed by atoms with Gasteiger partial charge in [0.2, 0.25) is 17.7 Å². The number of anilines is 1. The molecule has 0 radical (unpaired) electrons. The van der Waals surface area contributed by atoms with Crippen LogP contribution in [0.4, 0.5) is 5.69 Å². The Balaban J connectivity index is 1.44. The van der Waals surface area contributed by atoms with Crippen LogP contribution in [-0.4, -0.2) is 69.1 Å². The van der Waals surface area contributed by atoms with Crippen molar-refractivity contribution in [1.82, 2.24) is 10.2 Å². The number of hydrogen-bond acceptors (Lipinski definition) is 6. The van der Waals surface area contributed by atoms with Crippen LogP contribution in [0.1, 0.15) is 72.1 Å². The summed E-state index contributed by atoms with van der Waals surface area (Å²) >= 11 is 1.67. The van der Waals surface area contributed by atoms with Gasteiger partial charge >= 0.3 is 0 Å². The molecule has 5 rings (SSSR count). The van der Waals surface area contributed by atoms with Crippen LogP contribution in [0.25, 0.3) is 0 Å². The molecular weight excluding hydrogens is 514 g/mol. The summed E-state index contributed by atoms with van der Waals surface area (Å²) in [6.07, 6.45) is 7.61. The van der Waals surface area contributed by atoms with Crippen molar-refractivity contribution in [2.45, 2.75) is 100 Å². The van der Waals surface area contributed by atoms with Crippen molar-refractivity contribution in [2.75, 3.05) is 18.5 Å². The Morgan fingerprint density at radius 2 is 1.85 bits per heavy atom. The van der Waals surface area contributed by atoms with Crippen LogP contribution >= 0.6 is 11.8 Å². The average molecular weight is 558 g/mol. The molecule has 3 amide bonds. The molecule has 1 aromatic carbocycles. The molecule has 1 aromatic rings. The van der Waals surface area contributed by atoms with E-state index >= 15 is 0 Å². The molecule has 214 valence electrons. The lowest BCUT2D eigenvalue weighted by molar-refractivity contribution is -0.143. The summed E-state index contributed by atoms with van der Waals surface area (Å²) in [5.41, 5.74) is 0.659. The fraction of sp³-hybridized carbons (Fsp3) is 0.700. The normalized spacial score (nSPS) is 31.6. The summed E-state index contributed by atoms with van der Waals surface area (Å²) in [4.78, 5) is 43.8. The second-order valence-electron chi connectivity index (χ2n) is 11.7. The molecule has 9 heteroatoms. The van der Waals surface area contributed by atoms with Gasteiger partial charge in [-0.3, -0.25) is 14.4 Å². The zero-order valence-electron chi connectivity index (χ0n) is 23.4. The average Bonchev–Trinajstić information content (AvgIpc) is 3.58. The first-order valence-corrected chi connectivity index (χ1v) is 15.7. The number of nitrogens with one attached hydrogen (secondary N) is 2. The minimum Gasteiger partial charge on any atom is -0.494 e. The van der Waals surface area contributed by atoms with Crippen molar-refractivity contribution in [3.05, 3.63) is 24.3 Å². The van der Waals surface area contributed by atoms with Crippen molar-refractivity contribution in [3.8, 4) is 5.75 Å². The van der Waals surface area contributed by atoms with E-state index < -0.39 is 28.7 Å². The zero-order chi connectivity index (χ0) is 27.7. The van der Waals surface area contributed by atoms with E-state index in [0.29, 0.717) is 12.3 Å². The quantitative estimate of drug-likeness (QED) is 0.402. The highest BCUT2D eigenvalue weighted by molar-refractivity contribution is 8.02. The molecule has 8 nitrogen and oxygen atoms in total. The predicted molar refractivity (Wildman–Crippen MR) is 153 cm³/mol. The van der Waals surface area contributed by atoms with Gasteiger partial charge in [-0.25, -0.2) is 0 Å². The summed E-state index contributed by atoms with van der Waals surface area (Å²) in [5, 5.41) is 16.8. The van der Waals surface area contributed by atoms with Gasteiger partial charge in [-0.15, -0.1) is 11.8 Å². The maximum atomic E-state index is 14.3. The number of hydrogen-bond donors (Lipinski definition) is 3. The first-order valence-electron chi connectivity index (χ1n) is 14.8. The maximum Gasteiger partial charge on any atom is 0.244 e. The smallest absolute Gasteiger partial charge is 0.244 e. The number of fused-ring (bicyclic) bond motifs is 1. The molecule has 4 fully saturated rings. The summed E-state index contributed by atoms with van der Waals surface area (Å²) in [6.45, 7) is 6.35. The monoisotopic (exact) mass is 557 g/mol. The van der Waals surface area contributed by atoms with Crippen LogP contribution in [0.2, 0.25) is 0 Å². The van der Waals surface area contributed by atoms with Gasteiger partial charge in [0.05, 0.1) is 35.8 Å². The van der Waals surface area contributed by atoms with Gasteiger partial charge in [0.15, 0.2) is 0 Å². The predicted octanol–water partition coefficient (Wildman–Crippen LogP) is 3.97. The highest BCUT2D eigenvalue weighted by Gasteiger charge is 2.74. The topological polar surface area (TPSA) is 108 Å². The Bertz CT molecular complexity index is 1060. The standard InChI is InChI=1S/C30H43N3O5S/c1-4-18(3)22(17-34)33-26(28(36)32-19-9-7-6-8-10-19)30-16-15-23(39-30)24(25(30)29(33)37)27(35)31-20-11-13-21(14-12-20)38-5-2/h11-14,18-19,22-26,34H,4-10,15-17H2,1-3H3,(H,31,35)(H,32,36)/t18-,22-,23+,24-,25-,26?,30?/m0/s1. The van der Waals surface area contributed by atoms with Crippen molar-refractivity contribution < 1.29 is 24.2 Å². The van der Waals surface area contributed by atoms with Crippen molar-refractivity contribution >= 4 is 35.2 Å². The highest BCUT2D eigenvalue weighted by atomic mass is 32.2. The number of thioether (sulfide) groups is 1. The molecule has 3 heterocycles. The number of rotatable bonds is 10. The van der Waals surface area contributed by atoms with Crippen molar-refractivity contribution in [3.63, 3.8) is 0 Å². The van der Waals surface area contributed by atoms with E-state index in [0.717, 1.165) is 50.7 Å². The maximum absolute atomic E-state index is 14.3. The number of ether oxygens (including phenoxy) is 1. The van der Waals surface area contributed by atoms with Gasteiger partial charge in [0.1, 0.15) is 11.8 Å². The van der Waals surface area contributed by atoms with Crippen molar-refractivity contribution in [2.24, 2.45) is 17.8 Å². The largest absolute Gasteiger partial charge is 0.494 e. The second-order valence-corrected chi connectivity index (χ2v) is 13.3. The number of amides is 3. The van der Waals surface area contributed by atoms with Gasteiger partial charge in [-0.1, -0.05) is 39.5 Å². The zero-order valence-corrected chi connectivity index (χ0v) is 24.2. The lowest BCUT2D eigenvalue weighted by Gasteiger charge is -2.40. The van der Waals surface area contributed by atoms with Crippen LogP contribution in [0.15, 0.2) is 24.3 Å². The third-order valence-electron chi connectivity index (χ3n) is 9.52. The minimum absolute atomic E-state index is 0.00930. The second kappa shape index (κ2) is 11.7. The number of aliphatic hydroxyl groups is 1. The molecule has 7 atom stereocenters. The number of carbonyl (C=O) groups is 3. The van der Waals surface area contributed by atoms with Gasteiger partial charge in [-0.2, -0.15) is 0 Å². The van der Waals surface area contributed by atoms with Crippen LogP contribution in [-0.2, 0) is 14.4 Å². The van der Waals surface area contributed by atoms with Crippen molar-refractivity contribution in [1.29, 1.82) is 0 Å². The number of likely N-dealkylation sites (tertiary alicyclic amines) is 1. The lowest BCUT2D eigenvalue weighted by Crippen LogP contribution is -2.59. The van der Waals surface area contributed by atoms with Crippen LogP contribution in [0.3, 0.4) is 0 Å². The molecule has 2 bridgehead atoms. The summed E-state index contributed by atoms with van der Waals surface area (Å²) in [6, 6.07) is 6.25. The number of aliphatic hydroxyl groups excluding tert-OH is 1. The van der Waals surface area contributed by atoms with E-state index in [4.69, 9.17) is 4.74 Å². The Labute approximate surface area is 236 Å². The van der Waals surface area contributed by atoms with Gasteiger partial charge < -0.3 is 25.4 Å². The fourth-order valence-electron chi connectivity index (χ4n) is 7.42. The number of carbonyl (C=O) groups excluding carboxylic acids is 3. The molecule has 3 aliphatic heterocycles. The summed E-state index contributed by atoms with van der Waals surface area (Å²) < 4.78 is 4.86. The first kappa shape index (κ1) is 28.3. The van der Waals surface area contributed by atoms with Gasteiger partial charge in [-0.05, 0) is 62.8 Å². The Kier molecular flexibility index (Phi) is 8.48. The summed E-state index contributed by atoms with van der Waals surface area (Å²) in [7, 11) is 0. The van der Waals surface area contributed by atoms with E-state index in [2.05, 4.69) is 10.6 Å². The lowest BCUT2D eigenvalue weighted by atomic mass is 9.70. The number of nitrogens with zero attached hydrogens (tertiary/aromatic N) is 1. The van der Waals surface area contributed by atoms with E-state index in [1.807, 2.05) is 45.0 Å². The molecule has 1 aliphatic carbocycles.